The number of nitrogens with zero attached hydrogens (tertiary/aromatic N) is 1. The van der Waals surface area contributed by atoms with Crippen molar-refractivity contribution in [3.05, 3.63) is 35.2 Å². The average molecular weight is 261 g/mol. The minimum Gasteiger partial charge on any atom is -0.481 e. The molecule has 2 heterocycles. The summed E-state index contributed by atoms with van der Waals surface area (Å²) in [6.45, 7) is 0.636. The molecule has 1 fully saturated rings. The first-order chi connectivity index (χ1) is 8.66. The third-order valence-electron chi connectivity index (χ3n) is 3.23. The molecule has 1 saturated heterocycles. The van der Waals surface area contributed by atoms with Gasteiger partial charge in [0.25, 0.3) is 5.91 Å². The molecular weight excluding hydrogens is 250 g/mol. The van der Waals surface area contributed by atoms with Gasteiger partial charge in [0.05, 0.1) is 11.5 Å². The molecule has 18 heavy (non-hydrogen) atoms. The van der Waals surface area contributed by atoms with Crippen molar-refractivity contribution < 1.29 is 14.7 Å². The number of carboxylic acids is 1. The number of benzene rings is 1. The van der Waals surface area contributed by atoms with Crippen LogP contribution in [0.25, 0.3) is 10.1 Å². The highest BCUT2D eigenvalue weighted by Crippen LogP contribution is 2.28. The van der Waals surface area contributed by atoms with Crippen LogP contribution in [0.1, 0.15) is 10.4 Å². The molecule has 0 saturated carbocycles. The van der Waals surface area contributed by atoms with Crippen LogP contribution < -0.4 is 0 Å². The zero-order valence-electron chi connectivity index (χ0n) is 9.50. The minimum atomic E-state index is -0.825. The molecule has 1 N–H and O–H groups in total. The van der Waals surface area contributed by atoms with Crippen molar-refractivity contribution >= 4 is 33.3 Å². The number of fused-ring (bicyclic) bond motifs is 1. The molecule has 1 aromatic heterocycles. The van der Waals surface area contributed by atoms with Crippen molar-refractivity contribution in [2.24, 2.45) is 5.92 Å². The summed E-state index contributed by atoms with van der Waals surface area (Å²) in [4.78, 5) is 24.5. The monoisotopic (exact) mass is 261 g/mol. The Hall–Kier alpha value is -1.88. The van der Waals surface area contributed by atoms with Crippen LogP contribution in [0.2, 0.25) is 0 Å². The molecular formula is C13H11NO3S. The number of amides is 1. The third-order valence-corrected chi connectivity index (χ3v) is 4.19. The first-order valence-electron chi connectivity index (χ1n) is 5.65. The standard InChI is InChI=1S/C13H11NO3S/c15-12(14-5-8(6-14)13(16)17)10-7-18-11-4-2-1-3-9(10)11/h1-4,7-8H,5-6H2,(H,16,17). The van der Waals surface area contributed by atoms with E-state index in [4.69, 9.17) is 5.11 Å². The number of hydrogen-bond donors (Lipinski definition) is 1. The number of carbonyl (C=O) groups is 2. The third kappa shape index (κ3) is 1.67. The van der Waals surface area contributed by atoms with E-state index in [2.05, 4.69) is 0 Å². The Kier molecular flexibility index (Phi) is 2.56. The quantitative estimate of drug-likeness (QED) is 0.900. The van der Waals surface area contributed by atoms with Gasteiger partial charge in [0.1, 0.15) is 0 Å². The van der Waals surface area contributed by atoms with Gasteiger partial charge in [-0.05, 0) is 6.07 Å². The summed E-state index contributed by atoms with van der Waals surface area (Å²) in [6.07, 6.45) is 0. The topological polar surface area (TPSA) is 57.6 Å². The van der Waals surface area contributed by atoms with Crippen molar-refractivity contribution in [1.29, 1.82) is 0 Å². The van der Waals surface area contributed by atoms with Gasteiger partial charge in [-0.15, -0.1) is 11.3 Å². The summed E-state index contributed by atoms with van der Waals surface area (Å²) in [7, 11) is 0. The fourth-order valence-electron chi connectivity index (χ4n) is 2.11. The van der Waals surface area contributed by atoms with Crippen molar-refractivity contribution in [2.45, 2.75) is 0 Å². The summed E-state index contributed by atoms with van der Waals surface area (Å²) < 4.78 is 1.08. The molecule has 0 aliphatic carbocycles. The molecule has 3 rings (SSSR count). The molecule has 5 heteroatoms. The molecule has 2 aromatic rings. The SMILES string of the molecule is O=C(O)C1CN(C(=O)c2csc3ccccc23)C1. The van der Waals surface area contributed by atoms with Gasteiger partial charge in [0.2, 0.25) is 0 Å². The number of aliphatic carboxylic acids is 1. The van der Waals surface area contributed by atoms with Gasteiger partial charge in [-0.2, -0.15) is 0 Å². The van der Waals surface area contributed by atoms with Crippen LogP contribution >= 0.6 is 11.3 Å². The van der Waals surface area contributed by atoms with Crippen molar-refractivity contribution in [3.63, 3.8) is 0 Å². The summed E-state index contributed by atoms with van der Waals surface area (Å²) in [5.74, 6) is -1.29. The Balaban J connectivity index is 1.84. The van der Waals surface area contributed by atoms with E-state index in [9.17, 15) is 9.59 Å². The van der Waals surface area contributed by atoms with E-state index in [1.54, 1.807) is 4.90 Å². The maximum atomic E-state index is 12.2. The number of carboxylic acid groups (broad SMARTS) is 1. The van der Waals surface area contributed by atoms with Gasteiger partial charge in [-0.25, -0.2) is 0 Å². The Morgan fingerprint density at radius 3 is 2.72 bits per heavy atom. The van der Waals surface area contributed by atoms with Crippen molar-refractivity contribution in [1.82, 2.24) is 4.90 Å². The smallest absolute Gasteiger partial charge is 0.310 e. The molecule has 1 aromatic carbocycles. The highest BCUT2D eigenvalue weighted by atomic mass is 32.1. The van der Waals surface area contributed by atoms with E-state index in [1.807, 2.05) is 29.6 Å². The zero-order chi connectivity index (χ0) is 12.7. The lowest BCUT2D eigenvalue weighted by Gasteiger charge is -2.36. The average Bonchev–Trinajstić information content (AvgIpc) is 2.69. The van der Waals surface area contributed by atoms with Gasteiger partial charge in [0.15, 0.2) is 0 Å². The summed E-state index contributed by atoms with van der Waals surface area (Å²) >= 11 is 1.54. The fraction of sp³-hybridized carbons (Fsp3) is 0.231. The molecule has 1 aliphatic heterocycles. The molecule has 1 aliphatic rings. The van der Waals surface area contributed by atoms with Crippen molar-refractivity contribution in [2.75, 3.05) is 13.1 Å². The predicted molar refractivity (Wildman–Crippen MR) is 68.9 cm³/mol. The lowest BCUT2D eigenvalue weighted by atomic mass is 9.99. The van der Waals surface area contributed by atoms with Crippen LogP contribution in [0.4, 0.5) is 0 Å². The highest BCUT2D eigenvalue weighted by Gasteiger charge is 2.36. The molecule has 1 amide bonds. The first-order valence-corrected chi connectivity index (χ1v) is 6.53. The Labute approximate surface area is 107 Å². The van der Waals surface area contributed by atoms with Crippen LogP contribution in [0.3, 0.4) is 0 Å². The van der Waals surface area contributed by atoms with Gasteiger partial charge in [-0.3, -0.25) is 9.59 Å². The van der Waals surface area contributed by atoms with Crippen LogP contribution in [-0.2, 0) is 4.79 Å². The zero-order valence-corrected chi connectivity index (χ0v) is 10.3. The number of likely N-dealkylation sites (tertiary alicyclic amines) is 1. The lowest BCUT2D eigenvalue weighted by Crippen LogP contribution is -2.52. The van der Waals surface area contributed by atoms with E-state index < -0.39 is 11.9 Å². The van der Waals surface area contributed by atoms with Crippen LogP contribution in [0.15, 0.2) is 29.6 Å². The van der Waals surface area contributed by atoms with Gasteiger partial charge < -0.3 is 10.0 Å². The van der Waals surface area contributed by atoms with E-state index in [0.29, 0.717) is 18.7 Å². The minimum absolute atomic E-state index is 0.0649. The Morgan fingerprint density at radius 2 is 2.00 bits per heavy atom. The summed E-state index contributed by atoms with van der Waals surface area (Å²) in [5, 5.41) is 11.6. The molecule has 92 valence electrons. The molecule has 0 unspecified atom stereocenters. The highest BCUT2D eigenvalue weighted by molar-refractivity contribution is 7.17. The lowest BCUT2D eigenvalue weighted by molar-refractivity contribution is -0.146. The second kappa shape index (κ2) is 4.10. The normalized spacial score (nSPS) is 15.7. The summed E-state index contributed by atoms with van der Waals surface area (Å²) in [6, 6.07) is 7.75. The second-order valence-corrected chi connectivity index (χ2v) is 5.30. The van der Waals surface area contributed by atoms with E-state index in [1.165, 1.54) is 11.3 Å². The number of rotatable bonds is 2. The molecule has 0 atom stereocenters. The van der Waals surface area contributed by atoms with Gasteiger partial charge in [0, 0.05) is 28.6 Å². The maximum absolute atomic E-state index is 12.2. The predicted octanol–water partition coefficient (Wildman–Crippen LogP) is 2.06. The Bertz CT molecular complexity index is 628. The number of hydrogen-bond acceptors (Lipinski definition) is 3. The first kappa shape index (κ1) is 11.2. The largest absolute Gasteiger partial charge is 0.481 e. The second-order valence-electron chi connectivity index (χ2n) is 4.39. The maximum Gasteiger partial charge on any atom is 0.310 e. The van der Waals surface area contributed by atoms with Crippen LogP contribution in [0, 0.1) is 5.92 Å². The molecule has 0 bridgehead atoms. The van der Waals surface area contributed by atoms with E-state index in [-0.39, 0.29) is 5.91 Å². The van der Waals surface area contributed by atoms with E-state index in [0.717, 1.165) is 10.1 Å². The van der Waals surface area contributed by atoms with Gasteiger partial charge in [-0.1, -0.05) is 18.2 Å². The Morgan fingerprint density at radius 1 is 1.28 bits per heavy atom. The van der Waals surface area contributed by atoms with Crippen LogP contribution in [-0.4, -0.2) is 35.0 Å². The van der Waals surface area contributed by atoms with Crippen LogP contribution in [0.5, 0.6) is 0 Å². The van der Waals surface area contributed by atoms with E-state index >= 15 is 0 Å². The van der Waals surface area contributed by atoms with Gasteiger partial charge >= 0.3 is 5.97 Å². The molecule has 0 radical (unpaired) electrons. The number of carbonyl (C=O) groups excluding carboxylic acids is 1. The number of thiophene rings is 1. The van der Waals surface area contributed by atoms with Crippen molar-refractivity contribution in [3.8, 4) is 0 Å². The summed E-state index contributed by atoms with van der Waals surface area (Å²) in [5.41, 5.74) is 0.680. The molecule has 4 nitrogen and oxygen atoms in total. The molecule has 0 spiro atoms. The fourth-order valence-corrected chi connectivity index (χ4v) is 3.05.